The van der Waals surface area contributed by atoms with Crippen LogP contribution in [0.25, 0.3) is 0 Å². The Kier molecular flexibility index (Phi) is 3.91. The molecule has 0 aromatic heterocycles. The fourth-order valence-corrected chi connectivity index (χ4v) is 3.86. The molecule has 0 bridgehead atoms. The van der Waals surface area contributed by atoms with Crippen molar-refractivity contribution >= 4 is 0 Å². The highest BCUT2D eigenvalue weighted by Crippen LogP contribution is 2.34. The number of likely N-dealkylation sites (tertiary alicyclic amines) is 1. The van der Waals surface area contributed by atoms with Crippen LogP contribution in [0.2, 0.25) is 0 Å². The Labute approximate surface area is 101 Å². The molecule has 2 aliphatic rings. The van der Waals surface area contributed by atoms with Crippen molar-refractivity contribution in [2.24, 2.45) is 17.6 Å². The summed E-state index contributed by atoms with van der Waals surface area (Å²) in [6, 6.07) is 1.98. The van der Waals surface area contributed by atoms with Gasteiger partial charge in [0.1, 0.15) is 0 Å². The third kappa shape index (κ3) is 2.60. The van der Waals surface area contributed by atoms with Crippen LogP contribution in [0.3, 0.4) is 0 Å². The first-order valence-corrected chi connectivity index (χ1v) is 7.09. The van der Waals surface area contributed by atoms with Crippen LogP contribution in [0.1, 0.15) is 52.9 Å². The van der Waals surface area contributed by atoms with Crippen LogP contribution in [0.15, 0.2) is 0 Å². The number of piperidine rings is 1. The van der Waals surface area contributed by atoms with E-state index in [2.05, 4.69) is 25.7 Å². The van der Waals surface area contributed by atoms with Gasteiger partial charge in [0.05, 0.1) is 0 Å². The van der Waals surface area contributed by atoms with Crippen LogP contribution < -0.4 is 5.73 Å². The zero-order valence-corrected chi connectivity index (χ0v) is 11.2. The van der Waals surface area contributed by atoms with Gasteiger partial charge in [0.15, 0.2) is 0 Å². The molecule has 2 nitrogen and oxygen atoms in total. The largest absolute Gasteiger partial charge is 0.328 e. The molecular formula is C14H28N2. The van der Waals surface area contributed by atoms with Crippen LogP contribution in [0, 0.1) is 11.8 Å². The summed E-state index contributed by atoms with van der Waals surface area (Å²) in [5, 5.41) is 0. The average molecular weight is 224 g/mol. The third-order valence-electron chi connectivity index (χ3n) is 4.78. The molecule has 94 valence electrons. The molecule has 0 aromatic carbocycles. The fourth-order valence-electron chi connectivity index (χ4n) is 3.86. The Morgan fingerprint density at radius 2 is 1.75 bits per heavy atom. The van der Waals surface area contributed by atoms with Gasteiger partial charge >= 0.3 is 0 Å². The molecule has 2 N–H and O–H groups in total. The van der Waals surface area contributed by atoms with Gasteiger partial charge in [0, 0.05) is 24.7 Å². The molecule has 1 saturated heterocycles. The highest BCUT2D eigenvalue weighted by Gasteiger charge is 2.34. The van der Waals surface area contributed by atoms with Gasteiger partial charge < -0.3 is 5.73 Å². The summed E-state index contributed by atoms with van der Waals surface area (Å²) in [5.74, 6) is 1.81. The average Bonchev–Trinajstić information content (AvgIpc) is 2.19. The van der Waals surface area contributed by atoms with E-state index < -0.39 is 0 Å². The normalized spacial score (nSPS) is 46.9. The smallest absolute Gasteiger partial charge is 0.0124 e. The van der Waals surface area contributed by atoms with E-state index in [-0.39, 0.29) is 0 Å². The first-order chi connectivity index (χ1) is 7.58. The predicted octanol–water partition coefficient (Wildman–Crippen LogP) is 2.62. The minimum atomic E-state index is 0.448. The third-order valence-corrected chi connectivity index (χ3v) is 4.78. The zero-order valence-electron chi connectivity index (χ0n) is 11.2. The fraction of sp³-hybridized carbons (Fsp3) is 1.00. The second kappa shape index (κ2) is 5.05. The molecule has 16 heavy (non-hydrogen) atoms. The van der Waals surface area contributed by atoms with Crippen LogP contribution in [-0.2, 0) is 0 Å². The van der Waals surface area contributed by atoms with Gasteiger partial charge in [-0.25, -0.2) is 0 Å². The maximum absolute atomic E-state index is 6.05. The van der Waals surface area contributed by atoms with Crippen molar-refractivity contribution in [3.8, 4) is 0 Å². The lowest BCUT2D eigenvalue weighted by molar-refractivity contribution is 0.0352. The van der Waals surface area contributed by atoms with Crippen LogP contribution in [0.4, 0.5) is 0 Å². The Morgan fingerprint density at radius 3 is 2.38 bits per heavy atom. The molecule has 1 aliphatic carbocycles. The van der Waals surface area contributed by atoms with Crippen molar-refractivity contribution < 1.29 is 0 Å². The minimum absolute atomic E-state index is 0.448. The molecule has 2 rings (SSSR count). The van der Waals surface area contributed by atoms with E-state index >= 15 is 0 Å². The van der Waals surface area contributed by atoms with Crippen molar-refractivity contribution in [2.45, 2.75) is 71.0 Å². The Balaban J connectivity index is 1.96. The molecule has 5 unspecified atom stereocenters. The van der Waals surface area contributed by atoms with Crippen LogP contribution >= 0.6 is 0 Å². The molecule has 5 atom stereocenters. The summed E-state index contributed by atoms with van der Waals surface area (Å²) >= 11 is 0. The molecule has 0 spiro atoms. The van der Waals surface area contributed by atoms with Gasteiger partial charge in [-0.3, -0.25) is 4.90 Å². The topological polar surface area (TPSA) is 29.3 Å². The van der Waals surface area contributed by atoms with Gasteiger partial charge in [-0.1, -0.05) is 13.8 Å². The number of hydrogen-bond donors (Lipinski definition) is 1. The highest BCUT2D eigenvalue weighted by atomic mass is 15.2. The molecule has 0 amide bonds. The lowest BCUT2D eigenvalue weighted by Gasteiger charge is -2.46. The van der Waals surface area contributed by atoms with E-state index in [1.165, 1.54) is 38.6 Å². The lowest BCUT2D eigenvalue weighted by atomic mass is 9.78. The first kappa shape index (κ1) is 12.4. The number of rotatable bonds is 1. The maximum Gasteiger partial charge on any atom is 0.0124 e. The summed E-state index contributed by atoms with van der Waals surface area (Å²) in [6.07, 6.45) is 6.63. The van der Waals surface area contributed by atoms with Gasteiger partial charge in [0.2, 0.25) is 0 Å². The van der Waals surface area contributed by atoms with Crippen molar-refractivity contribution in [1.82, 2.24) is 4.90 Å². The lowest BCUT2D eigenvalue weighted by Crippen LogP contribution is -2.53. The van der Waals surface area contributed by atoms with Crippen molar-refractivity contribution in [2.75, 3.05) is 6.54 Å². The summed E-state index contributed by atoms with van der Waals surface area (Å²) < 4.78 is 0. The van der Waals surface area contributed by atoms with E-state index in [0.29, 0.717) is 12.1 Å². The van der Waals surface area contributed by atoms with Crippen molar-refractivity contribution in [3.63, 3.8) is 0 Å². The first-order valence-electron chi connectivity index (χ1n) is 7.09. The predicted molar refractivity (Wildman–Crippen MR) is 69.3 cm³/mol. The second-order valence-corrected chi connectivity index (χ2v) is 6.33. The molecule has 2 fully saturated rings. The van der Waals surface area contributed by atoms with Gasteiger partial charge in [-0.15, -0.1) is 0 Å². The number of nitrogens with two attached hydrogens (primary N) is 1. The van der Waals surface area contributed by atoms with E-state index in [4.69, 9.17) is 5.73 Å². The zero-order chi connectivity index (χ0) is 11.7. The molecule has 2 heteroatoms. The monoisotopic (exact) mass is 224 g/mol. The summed E-state index contributed by atoms with van der Waals surface area (Å²) in [7, 11) is 0. The van der Waals surface area contributed by atoms with Crippen molar-refractivity contribution in [3.05, 3.63) is 0 Å². The summed E-state index contributed by atoms with van der Waals surface area (Å²) in [5.41, 5.74) is 6.05. The molecule has 0 radical (unpaired) electrons. The summed E-state index contributed by atoms with van der Waals surface area (Å²) in [6.45, 7) is 8.44. The van der Waals surface area contributed by atoms with Gasteiger partial charge in [-0.05, 0) is 50.9 Å². The molecule has 1 saturated carbocycles. The van der Waals surface area contributed by atoms with Crippen LogP contribution in [0.5, 0.6) is 0 Å². The second-order valence-electron chi connectivity index (χ2n) is 6.33. The van der Waals surface area contributed by atoms with E-state index in [1.54, 1.807) is 0 Å². The Bertz CT molecular complexity index is 205. The number of nitrogens with zero attached hydrogens (tertiary/aromatic N) is 1. The van der Waals surface area contributed by atoms with E-state index in [1.807, 2.05) is 0 Å². The Hall–Kier alpha value is -0.0800. The van der Waals surface area contributed by atoms with Crippen LogP contribution in [-0.4, -0.2) is 29.6 Å². The molecule has 0 aromatic rings. The Morgan fingerprint density at radius 1 is 1.00 bits per heavy atom. The summed E-state index contributed by atoms with van der Waals surface area (Å²) in [4.78, 5) is 2.75. The minimum Gasteiger partial charge on any atom is -0.328 e. The molecule has 1 aliphatic heterocycles. The SMILES string of the molecule is CC1CCC(N2CCC(N)CC2C)C(C)C1. The van der Waals surface area contributed by atoms with Gasteiger partial charge in [-0.2, -0.15) is 0 Å². The van der Waals surface area contributed by atoms with Gasteiger partial charge in [0.25, 0.3) is 0 Å². The standard InChI is InChI=1S/C14H28N2/c1-10-4-5-14(11(2)8-10)16-7-6-13(15)9-12(16)3/h10-14H,4-9,15H2,1-3H3. The highest BCUT2D eigenvalue weighted by molar-refractivity contribution is 4.90. The quantitative estimate of drug-likeness (QED) is 0.742. The number of hydrogen-bond acceptors (Lipinski definition) is 2. The van der Waals surface area contributed by atoms with E-state index in [0.717, 1.165) is 17.9 Å². The molecule has 1 heterocycles. The molecular weight excluding hydrogens is 196 g/mol. The van der Waals surface area contributed by atoms with E-state index in [9.17, 15) is 0 Å². The van der Waals surface area contributed by atoms with Crippen molar-refractivity contribution in [1.29, 1.82) is 0 Å². The maximum atomic E-state index is 6.05.